The van der Waals surface area contributed by atoms with Crippen LogP contribution in [0.5, 0.6) is 0 Å². The standard InChI is InChI=1S/C21H19N7S/c1-3-12-27-19(15-8-10-22-11-9-15)24-25-21(27)29-20-16-6-4-5-7-17(16)28-18(23-20)13-14(2)26-28/h4-11,13H,3,12H2,1-2H3. The van der Waals surface area contributed by atoms with Crippen molar-refractivity contribution in [3.63, 3.8) is 0 Å². The lowest BCUT2D eigenvalue weighted by atomic mass is 10.2. The Kier molecular flexibility index (Phi) is 4.48. The Bertz CT molecular complexity index is 1310. The number of aryl methyl sites for hydroxylation is 1. The van der Waals surface area contributed by atoms with Gasteiger partial charge in [0.25, 0.3) is 0 Å². The van der Waals surface area contributed by atoms with E-state index in [2.05, 4.69) is 43.9 Å². The molecule has 7 nitrogen and oxygen atoms in total. The molecular weight excluding hydrogens is 382 g/mol. The Morgan fingerprint density at radius 2 is 1.86 bits per heavy atom. The molecule has 4 aromatic heterocycles. The average molecular weight is 401 g/mol. The fraction of sp³-hybridized carbons (Fsp3) is 0.190. The third kappa shape index (κ3) is 3.15. The molecule has 0 saturated carbocycles. The van der Waals surface area contributed by atoms with Gasteiger partial charge in [-0.2, -0.15) is 5.10 Å². The number of para-hydroxylation sites is 1. The molecule has 4 heterocycles. The van der Waals surface area contributed by atoms with Crippen LogP contribution in [0.4, 0.5) is 0 Å². The number of pyridine rings is 1. The van der Waals surface area contributed by atoms with Gasteiger partial charge in [0.2, 0.25) is 0 Å². The first-order chi connectivity index (χ1) is 14.2. The molecule has 5 rings (SSSR count). The lowest BCUT2D eigenvalue weighted by Crippen LogP contribution is -2.02. The highest BCUT2D eigenvalue weighted by Gasteiger charge is 2.18. The maximum Gasteiger partial charge on any atom is 0.197 e. The van der Waals surface area contributed by atoms with E-state index in [0.717, 1.165) is 56.8 Å². The second-order valence-corrected chi connectivity index (χ2v) is 7.74. The lowest BCUT2D eigenvalue weighted by Gasteiger charge is -2.10. The van der Waals surface area contributed by atoms with E-state index >= 15 is 0 Å². The van der Waals surface area contributed by atoms with Gasteiger partial charge in [0.1, 0.15) is 5.03 Å². The predicted molar refractivity (Wildman–Crippen MR) is 113 cm³/mol. The SMILES string of the molecule is CCCn1c(Sc2nc3cc(C)nn3c3ccccc23)nnc1-c1ccncc1. The summed E-state index contributed by atoms with van der Waals surface area (Å²) in [6.07, 6.45) is 4.54. The third-order valence-corrected chi connectivity index (χ3v) is 5.67. The maximum absolute atomic E-state index is 4.88. The molecule has 1 aromatic carbocycles. The summed E-state index contributed by atoms with van der Waals surface area (Å²) < 4.78 is 4.05. The summed E-state index contributed by atoms with van der Waals surface area (Å²) in [5.74, 6) is 0.849. The minimum Gasteiger partial charge on any atom is -0.302 e. The van der Waals surface area contributed by atoms with E-state index in [1.807, 2.05) is 41.8 Å². The fourth-order valence-electron chi connectivity index (χ4n) is 3.41. The number of rotatable bonds is 5. The molecule has 0 fully saturated rings. The van der Waals surface area contributed by atoms with Crippen molar-refractivity contribution in [1.29, 1.82) is 0 Å². The Balaban J connectivity index is 1.65. The van der Waals surface area contributed by atoms with E-state index in [-0.39, 0.29) is 0 Å². The van der Waals surface area contributed by atoms with E-state index in [4.69, 9.17) is 4.98 Å². The van der Waals surface area contributed by atoms with Crippen LogP contribution in [0, 0.1) is 6.92 Å². The molecular formula is C21H19N7S. The second kappa shape index (κ2) is 7.29. The molecule has 0 atom stereocenters. The van der Waals surface area contributed by atoms with Gasteiger partial charge in [-0.15, -0.1) is 10.2 Å². The fourth-order valence-corrected chi connectivity index (χ4v) is 4.38. The maximum atomic E-state index is 4.88. The summed E-state index contributed by atoms with van der Waals surface area (Å²) >= 11 is 1.54. The van der Waals surface area contributed by atoms with E-state index in [0.29, 0.717) is 0 Å². The third-order valence-electron chi connectivity index (χ3n) is 4.68. The van der Waals surface area contributed by atoms with E-state index in [1.165, 1.54) is 0 Å². The molecule has 0 bridgehead atoms. The van der Waals surface area contributed by atoms with Gasteiger partial charge in [-0.25, -0.2) is 9.50 Å². The molecule has 0 aliphatic heterocycles. The molecule has 5 aromatic rings. The minimum atomic E-state index is 0.830. The van der Waals surface area contributed by atoms with Gasteiger partial charge in [0.15, 0.2) is 16.6 Å². The number of fused-ring (bicyclic) bond motifs is 3. The van der Waals surface area contributed by atoms with Gasteiger partial charge in [0.05, 0.1) is 11.2 Å². The van der Waals surface area contributed by atoms with E-state index in [1.54, 1.807) is 24.2 Å². The van der Waals surface area contributed by atoms with Crippen LogP contribution in [-0.4, -0.2) is 34.3 Å². The number of benzene rings is 1. The molecule has 0 spiro atoms. The van der Waals surface area contributed by atoms with Crippen molar-refractivity contribution in [1.82, 2.24) is 34.3 Å². The summed E-state index contributed by atoms with van der Waals surface area (Å²) in [7, 11) is 0. The van der Waals surface area contributed by atoms with E-state index < -0.39 is 0 Å². The van der Waals surface area contributed by atoms with Crippen molar-refractivity contribution in [2.24, 2.45) is 0 Å². The molecule has 144 valence electrons. The summed E-state index contributed by atoms with van der Waals surface area (Å²) in [5, 5.41) is 16.3. The van der Waals surface area contributed by atoms with E-state index in [9.17, 15) is 0 Å². The van der Waals surface area contributed by atoms with Crippen LogP contribution < -0.4 is 0 Å². The number of hydrogen-bond acceptors (Lipinski definition) is 6. The van der Waals surface area contributed by atoms with Gasteiger partial charge in [-0.3, -0.25) is 4.98 Å². The van der Waals surface area contributed by atoms with Crippen LogP contribution in [0.2, 0.25) is 0 Å². The zero-order valence-electron chi connectivity index (χ0n) is 16.1. The molecule has 0 radical (unpaired) electrons. The highest BCUT2D eigenvalue weighted by atomic mass is 32.2. The Hall–Kier alpha value is -3.26. The molecule has 29 heavy (non-hydrogen) atoms. The molecule has 0 aliphatic rings. The summed E-state index contributed by atoms with van der Waals surface area (Å²) in [4.78, 5) is 8.98. The molecule has 0 N–H and O–H groups in total. The summed E-state index contributed by atoms with van der Waals surface area (Å²) in [6, 6.07) is 14.1. The van der Waals surface area contributed by atoms with Crippen LogP contribution in [-0.2, 0) is 6.54 Å². The smallest absolute Gasteiger partial charge is 0.197 e. The predicted octanol–water partition coefficient (Wildman–Crippen LogP) is 4.41. The number of nitrogens with zero attached hydrogens (tertiary/aromatic N) is 7. The Labute approximate surface area is 171 Å². The molecule has 0 aliphatic carbocycles. The molecule has 0 amide bonds. The Morgan fingerprint density at radius 3 is 2.69 bits per heavy atom. The molecule has 0 unspecified atom stereocenters. The highest BCUT2D eigenvalue weighted by Crippen LogP contribution is 2.33. The van der Waals surface area contributed by atoms with Crippen LogP contribution in [0.1, 0.15) is 19.0 Å². The van der Waals surface area contributed by atoms with Crippen LogP contribution in [0.25, 0.3) is 27.9 Å². The quantitative estimate of drug-likeness (QED) is 0.406. The van der Waals surface area contributed by atoms with Gasteiger partial charge in [-0.05, 0) is 43.3 Å². The minimum absolute atomic E-state index is 0.830. The molecule has 8 heteroatoms. The zero-order chi connectivity index (χ0) is 19.8. The summed E-state index contributed by atoms with van der Waals surface area (Å²) in [5.41, 5.74) is 3.81. The first-order valence-corrected chi connectivity index (χ1v) is 10.3. The van der Waals surface area contributed by atoms with Crippen LogP contribution in [0.15, 0.2) is 65.0 Å². The number of hydrogen-bond donors (Lipinski definition) is 0. The van der Waals surface area contributed by atoms with Gasteiger partial charge in [-0.1, -0.05) is 25.1 Å². The van der Waals surface area contributed by atoms with Crippen molar-refractivity contribution in [3.05, 3.63) is 60.6 Å². The van der Waals surface area contributed by atoms with Gasteiger partial charge in [0, 0.05) is 36.0 Å². The zero-order valence-corrected chi connectivity index (χ0v) is 17.0. The molecule has 0 saturated heterocycles. The van der Waals surface area contributed by atoms with Gasteiger partial charge < -0.3 is 4.57 Å². The van der Waals surface area contributed by atoms with Crippen molar-refractivity contribution in [2.75, 3.05) is 0 Å². The monoisotopic (exact) mass is 401 g/mol. The van der Waals surface area contributed by atoms with Crippen molar-refractivity contribution in [2.45, 2.75) is 37.0 Å². The number of aromatic nitrogens is 7. The highest BCUT2D eigenvalue weighted by molar-refractivity contribution is 7.99. The van der Waals surface area contributed by atoms with Crippen molar-refractivity contribution < 1.29 is 0 Å². The lowest BCUT2D eigenvalue weighted by molar-refractivity contribution is 0.626. The summed E-state index contributed by atoms with van der Waals surface area (Å²) in [6.45, 7) is 4.97. The normalized spacial score (nSPS) is 11.5. The Morgan fingerprint density at radius 1 is 1.03 bits per heavy atom. The first-order valence-electron chi connectivity index (χ1n) is 9.51. The topological polar surface area (TPSA) is 73.8 Å². The van der Waals surface area contributed by atoms with Crippen molar-refractivity contribution in [3.8, 4) is 11.4 Å². The largest absolute Gasteiger partial charge is 0.302 e. The van der Waals surface area contributed by atoms with Crippen LogP contribution in [0.3, 0.4) is 0 Å². The first kappa shape index (κ1) is 17.8. The average Bonchev–Trinajstić information content (AvgIpc) is 3.32. The van der Waals surface area contributed by atoms with Gasteiger partial charge >= 0.3 is 0 Å². The van der Waals surface area contributed by atoms with Crippen LogP contribution >= 0.6 is 11.8 Å². The van der Waals surface area contributed by atoms with Crippen molar-refractivity contribution >= 4 is 28.3 Å². The second-order valence-electron chi connectivity index (χ2n) is 6.79.